The second-order valence-electron chi connectivity index (χ2n) is 6.79. The van der Waals surface area contributed by atoms with Crippen molar-refractivity contribution in [1.29, 1.82) is 0 Å². The van der Waals surface area contributed by atoms with Crippen molar-refractivity contribution >= 4 is 5.91 Å². The summed E-state index contributed by atoms with van der Waals surface area (Å²) in [5, 5.41) is 12.7. The molecule has 2 atom stereocenters. The third kappa shape index (κ3) is 4.10. The Kier molecular flexibility index (Phi) is 5.30. The van der Waals surface area contributed by atoms with E-state index in [1.807, 2.05) is 18.0 Å². The Morgan fingerprint density at radius 1 is 1.30 bits per heavy atom. The maximum absolute atomic E-state index is 12.5. The Morgan fingerprint density at radius 3 is 2.61 bits per heavy atom. The summed E-state index contributed by atoms with van der Waals surface area (Å²) in [6, 6.07) is 10.6. The summed E-state index contributed by atoms with van der Waals surface area (Å²) in [6.07, 6.45) is 2.19. The molecule has 1 amide bonds. The van der Waals surface area contributed by atoms with E-state index < -0.39 is 0 Å². The molecule has 5 heteroatoms. The topological polar surface area (TPSA) is 55.8 Å². The lowest BCUT2D eigenvalue weighted by Crippen LogP contribution is -2.50. The van der Waals surface area contributed by atoms with E-state index in [1.54, 1.807) is 0 Å². The SMILES string of the molecule is CN(C(=O)[C@H]1C[C@H](O)CN1)C1CCN(Cc2ccccc2)CC1. The number of aliphatic hydroxyl groups is 1. The molecule has 2 fully saturated rings. The van der Waals surface area contributed by atoms with Crippen LogP contribution in [0.1, 0.15) is 24.8 Å². The van der Waals surface area contributed by atoms with E-state index >= 15 is 0 Å². The van der Waals surface area contributed by atoms with Gasteiger partial charge in [-0.1, -0.05) is 30.3 Å². The second-order valence-corrected chi connectivity index (χ2v) is 6.79. The predicted molar refractivity (Wildman–Crippen MR) is 89.9 cm³/mol. The number of hydrogen-bond acceptors (Lipinski definition) is 4. The van der Waals surface area contributed by atoms with Gasteiger partial charge in [0.1, 0.15) is 0 Å². The summed E-state index contributed by atoms with van der Waals surface area (Å²) in [4.78, 5) is 16.9. The highest BCUT2D eigenvalue weighted by molar-refractivity contribution is 5.82. The molecule has 2 saturated heterocycles. The smallest absolute Gasteiger partial charge is 0.239 e. The molecule has 23 heavy (non-hydrogen) atoms. The Morgan fingerprint density at radius 2 is 2.00 bits per heavy atom. The molecule has 5 nitrogen and oxygen atoms in total. The lowest BCUT2D eigenvalue weighted by molar-refractivity contribution is -0.134. The molecular formula is C18H27N3O2. The van der Waals surface area contributed by atoms with E-state index in [2.05, 4.69) is 34.5 Å². The summed E-state index contributed by atoms with van der Waals surface area (Å²) in [5.41, 5.74) is 1.35. The van der Waals surface area contributed by atoms with Gasteiger partial charge in [0.15, 0.2) is 0 Å². The van der Waals surface area contributed by atoms with E-state index in [-0.39, 0.29) is 18.1 Å². The first kappa shape index (κ1) is 16.4. The summed E-state index contributed by atoms with van der Waals surface area (Å²) < 4.78 is 0. The summed E-state index contributed by atoms with van der Waals surface area (Å²) in [7, 11) is 1.91. The van der Waals surface area contributed by atoms with Crippen molar-refractivity contribution in [3.8, 4) is 0 Å². The number of likely N-dealkylation sites (N-methyl/N-ethyl adjacent to an activating group) is 1. The molecule has 0 radical (unpaired) electrons. The molecule has 0 aliphatic carbocycles. The molecule has 2 aliphatic heterocycles. The molecule has 1 aromatic carbocycles. The Balaban J connectivity index is 1.47. The van der Waals surface area contributed by atoms with Crippen LogP contribution in [0.15, 0.2) is 30.3 Å². The number of hydrogen-bond donors (Lipinski definition) is 2. The number of piperidine rings is 1. The average Bonchev–Trinajstić information content (AvgIpc) is 3.02. The van der Waals surface area contributed by atoms with Crippen molar-refractivity contribution in [3.05, 3.63) is 35.9 Å². The van der Waals surface area contributed by atoms with E-state index in [1.165, 1.54) is 5.56 Å². The molecule has 0 bridgehead atoms. The van der Waals surface area contributed by atoms with Gasteiger partial charge < -0.3 is 15.3 Å². The van der Waals surface area contributed by atoms with Crippen molar-refractivity contribution in [1.82, 2.24) is 15.1 Å². The largest absolute Gasteiger partial charge is 0.392 e. The molecule has 0 saturated carbocycles. The molecule has 0 spiro atoms. The third-order valence-electron chi connectivity index (χ3n) is 5.11. The zero-order valence-electron chi connectivity index (χ0n) is 13.8. The van der Waals surface area contributed by atoms with Gasteiger partial charge in [0.25, 0.3) is 0 Å². The van der Waals surface area contributed by atoms with Crippen LogP contribution in [-0.2, 0) is 11.3 Å². The van der Waals surface area contributed by atoms with Crippen LogP contribution in [0.5, 0.6) is 0 Å². The minimum absolute atomic E-state index is 0.128. The van der Waals surface area contributed by atoms with E-state index in [4.69, 9.17) is 0 Å². The lowest BCUT2D eigenvalue weighted by Gasteiger charge is -2.37. The maximum Gasteiger partial charge on any atom is 0.239 e. The number of rotatable bonds is 4. The molecule has 1 aromatic rings. The van der Waals surface area contributed by atoms with E-state index in [9.17, 15) is 9.90 Å². The van der Waals surface area contributed by atoms with Crippen LogP contribution in [0.25, 0.3) is 0 Å². The quantitative estimate of drug-likeness (QED) is 0.864. The zero-order valence-corrected chi connectivity index (χ0v) is 13.8. The summed E-state index contributed by atoms with van der Waals surface area (Å²) in [5.74, 6) is 0.128. The number of nitrogens with zero attached hydrogens (tertiary/aromatic N) is 2. The van der Waals surface area contributed by atoms with Crippen LogP contribution in [0.4, 0.5) is 0 Å². The van der Waals surface area contributed by atoms with Gasteiger partial charge in [-0.3, -0.25) is 9.69 Å². The van der Waals surface area contributed by atoms with Gasteiger partial charge in [0.05, 0.1) is 12.1 Å². The zero-order chi connectivity index (χ0) is 16.2. The monoisotopic (exact) mass is 317 g/mol. The van der Waals surface area contributed by atoms with Gasteiger partial charge in [-0.05, 0) is 24.8 Å². The number of benzene rings is 1. The Bertz CT molecular complexity index is 514. The van der Waals surface area contributed by atoms with Crippen molar-refractivity contribution in [3.63, 3.8) is 0 Å². The molecule has 0 aromatic heterocycles. The normalized spacial score (nSPS) is 26.3. The van der Waals surface area contributed by atoms with Gasteiger partial charge in [0, 0.05) is 39.3 Å². The highest BCUT2D eigenvalue weighted by atomic mass is 16.3. The molecule has 3 rings (SSSR count). The van der Waals surface area contributed by atoms with Crippen LogP contribution in [0.3, 0.4) is 0 Å². The van der Waals surface area contributed by atoms with Gasteiger partial charge in [-0.15, -0.1) is 0 Å². The van der Waals surface area contributed by atoms with Crippen LogP contribution in [-0.4, -0.2) is 65.7 Å². The van der Waals surface area contributed by atoms with Crippen molar-refractivity contribution < 1.29 is 9.90 Å². The van der Waals surface area contributed by atoms with Crippen molar-refractivity contribution in [2.45, 2.75) is 44.0 Å². The third-order valence-corrected chi connectivity index (χ3v) is 5.11. The maximum atomic E-state index is 12.5. The molecule has 2 heterocycles. The van der Waals surface area contributed by atoms with Gasteiger partial charge in [-0.25, -0.2) is 0 Å². The first-order valence-corrected chi connectivity index (χ1v) is 8.58. The molecule has 126 valence electrons. The number of likely N-dealkylation sites (tertiary alicyclic amines) is 1. The number of aliphatic hydroxyl groups excluding tert-OH is 1. The van der Waals surface area contributed by atoms with Gasteiger partial charge in [0.2, 0.25) is 5.91 Å². The van der Waals surface area contributed by atoms with E-state index in [0.29, 0.717) is 19.0 Å². The van der Waals surface area contributed by atoms with Gasteiger partial charge in [-0.2, -0.15) is 0 Å². The average molecular weight is 317 g/mol. The Hall–Kier alpha value is -1.43. The van der Waals surface area contributed by atoms with Crippen LogP contribution < -0.4 is 5.32 Å². The highest BCUT2D eigenvalue weighted by Gasteiger charge is 2.33. The standard InChI is InChI=1S/C18H27N3O2/c1-20(18(23)17-11-16(22)12-19-17)15-7-9-21(10-8-15)13-14-5-3-2-4-6-14/h2-6,15-17,19,22H,7-13H2,1H3/t16-,17+/m0/s1. The number of nitrogens with one attached hydrogen (secondary N) is 1. The number of β-amino-alcohol motifs (C(OH)–C–C–N with tert-alkyl or cyclic N) is 1. The van der Waals surface area contributed by atoms with Crippen molar-refractivity contribution in [2.24, 2.45) is 0 Å². The van der Waals surface area contributed by atoms with Crippen LogP contribution in [0, 0.1) is 0 Å². The summed E-state index contributed by atoms with van der Waals surface area (Å²) >= 11 is 0. The minimum Gasteiger partial charge on any atom is -0.392 e. The molecule has 2 aliphatic rings. The van der Waals surface area contributed by atoms with Crippen LogP contribution >= 0.6 is 0 Å². The lowest BCUT2D eigenvalue weighted by atomic mass is 10.0. The fourth-order valence-corrected chi connectivity index (χ4v) is 3.64. The number of carbonyl (C=O) groups excluding carboxylic acids is 1. The first-order valence-electron chi connectivity index (χ1n) is 8.58. The van der Waals surface area contributed by atoms with Crippen molar-refractivity contribution in [2.75, 3.05) is 26.7 Å². The molecule has 2 N–H and O–H groups in total. The fourth-order valence-electron chi connectivity index (χ4n) is 3.64. The van der Waals surface area contributed by atoms with Gasteiger partial charge >= 0.3 is 0 Å². The number of amides is 1. The van der Waals surface area contributed by atoms with E-state index in [0.717, 1.165) is 32.5 Å². The molecule has 0 unspecified atom stereocenters. The second kappa shape index (κ2) is 7.43. The van der Waals surface area contributed by atoms with Crippen LogP contribution in [0.2, 0.25) is 0 Å². The summed E-state index contributed by atoms with van der Waals surface area (Å²) in [6.45, 7) is 3.57. The predicted octanol–water partition coefficient (Wildman–Crippen LogP) is 0.832. The first-order chi connectivity index (χ1) is 11.1. The minimum atomic E-state index is -0.384. The number of carbonyl (C=O) groups is 1. The molecular weight excluding hydrogens is 290 g/mol. The Labute approximate surface area is 138 Å². The fraction of sp³-hybridized carbons (Fsp3) is 0.611. The highest BCUT2D eigenvalue weighted by Crippen LogP contribution is 2.19.